The van der Waals surface area contributed by atoms with E-state index in [-0.39, 0.29) is 11.9 Å². The highest BCUT2D eigenvalue weighted by Crippen LogP contribution is 2.18. The maximum absolute atomic E-state index is 12.2. The first-order valence-electron chi connectivity index (χ1n) is 7.31. The van der Waals surface area contributed by atoms with E-state index in [9.17, 15) is 4.79 Å². The Morgan fingerprint density at radius 1 is 1.14 bits per heavy atom. The standard InChI is InChI=1S/C18H22N2O/c1-4-14-8-10-15(11-9-14)18(21)20-17-7-5-6-16(12-17)13(2)19-3/h5-13,19H,4H2,1-3H3,(H,20,21). The quantitative estimate of drug-likeness (QED) is 0.876. The summed E-state index contributed by atoms with van der Waals surface area (Å²) in [7, 11) is 1.92. The maximum Gasteiger partial charge on any atom is 0.255 e. The third-order valence-electron chi connectivity index (χ3n) is 3.70. The molecule has 0 bridgehead atoms. The molecule has 0 aliphatic rings. The fourth-order valence-electron chi connectivity index (χ4n) is 2.15. The molecule has 0 saturated carbocycles. The number of rotatable bonds is 5. The molecule has 3 nitrogen and oxygen atoms in total. The van der Waals surface area contributed by atoms with Crippen LogP contribution in [0.2, 0.25) is 0 Å². The molecule has 2 aromatic rings. The second kappa shape index (κ2) is 7.04. The van der Waals surface area contributed by atoms with Gasteiger partial charge in [-0.15, -0.1) is 0 Å². The van der Waals surface area contributed by atoms with Crippen LogP contribution in [0.15, 0.2) is 48.5 Å². The summed E-state index contributed by atoms with van der Waals surface area (Å²) in [5, 5.41) is 6.14. The Morgan fingerprint density at radius 3 is 2.48 bits per heavy atom. The molecule has 3 heteroatoms. The van der Waals surface area contributed by atoms with E-state index in [0.717, 1.165) is 17.7 Å². The number of hydrogen-bond donors (Lipinski definition) is 2. The molecule has 2 N–H and O–H groups in total. The van der Waals surface area contributed by atoms with Crippen molar-refractivity contribution in [2.45, 2.75) is 26.3 Å². The van der Waals surface area contributed by atoms with E-state index in [2.05, 4.69) is 24.5 Å². The van der Waals surface area contributed by atoms with E-state index >= 15 is 0 Å². The van der Waals surface area contributed by atoms with E-state index in [1.165, 1.54) is 5.56 Å². The van der Waals surface area contributed by atoms with Crippen LogP contribution in [0.4, 0.5) is 5.69 Å². The van der Waals surface area contributed by atoms with E-state index in [4.69, 9.17) is 0 Å². The second-order valence-corrected chi connectivity index (χ2v) is 5.14. The molecule has 21 heavy (non-hydrogen) atoms. The van der Waals surface area contributed by atoms with Crippen LogP contribution in [0.3, 0.4) is 0 Å². The lowest BCUT2D eigenvalue weighted by Crippen LogP contribution is -2.14. The van der Waals surface area contributed by atoms with Gasteiger partial charge in [0.15, 0.2) is 0 Å². The Morgan fingerprint density at radius 2 is 1.86 bits per heavy atom. The molecule has 1 atom stereocenters. The summed E-state index contributed by atoms with van der Waals surface area (Å²) in [6.07, 6.45) is 0.978. The molecule has 0 radical (unpaired) electrons. The highest BCUT2D eigenvalue weighted by molar-refractivity contribution is 6.04. The highest BCUT2D eigenvalue weighted by Gasteiger charge is 2.08. The maximum atomic E-state index is 12.2. The van der Waals surface area contributed by atoms with Gasteiger partial charge in [-0.05, 0) is 55.8 Å². The molecule has 1 unspecified atom stereocenters. The van der Waals surface area contributed by atoms with Crippen LogP contribution in [0.1, 0.15) is 41.4 Å². The summed E-state index contributed by atoms with van der Waals surface area (Å²) in [5.74, 6) is -0.0769. The van der Waals surface area contributed by atoms with Crippen LogP contribution < -0.4 is 10.6 Å². The topological polar surface area (TPSA) is 41.1 Å². The van der Waals surface area contributed by atoms with Crippen molar-refractivity contribution in [1.29, 1.82) is 0 Å². The molecule has 0 spiro atoms. The number of carbonyl (C=O) groups is 1. The van der Waals surface area contributed by atoms with Gasteiger partial charge >= 0.3 is 0 Å². The number of amides is 1. The fraction of sp³-hybridized carbons (Fsp3) is 0.278. The average molecular weight is 282 g/mol. The predicted octanol–water partition coefficient (Wildman–Crippen LogP) is 3.78. The average Bonchev–Trinajstić information content (AvgIpc) is 2.54. The molecular weight excluding hydrogens is 260 g/mol. The summed E-state index contributed by atoms with van der Waals surface area (Å²) in [6.45, 7) is 4.19. The van der Waals surface area contributed by atoms with Crippen LogP contribution in [0.25, 0.3) is 0 Å². The van der Waals surface area contributed by atoms with Crippen molar-refractivity contribution in [1.82, 2.24) is 5.32 Å². The molecule has 0 saturated heterocycles. The van der Waals surface area contributed by atoms with Gasteiger partial charge in [-0.2, -0.15) is 0 Å². The van der Waals surface area contributed by atoms with Crippen LogP contribution in [-0.4, -0.2) is 13.0 Å². The molecule has 110 valence electrons. The second-order valence-electron chi connectivity index (χ2n) is 5.14. The van der Waals surface area contributed by atoms with Gasteiger partial charge in [0.25, 0.3) is 5.91 Å². The fourth-order valence-corrected chi connectivity index (χ4v) is 2.15. The number of anilines is 1. The van der Waals surface area contributed by atoms with Gasteiger partial charge in [0.05, 0.1) is 0 Å². The first-order chi connectivity index (χ1) is 10.1. The Balaban J connectivity index is 2.11. The largest absolute Gasteiger partial charge is 0.322 e. The van der Waals surface area contributed by atoms with Gasteiger partial charge in [0.1, 0.15) is 0 Å². The van der Waals surface area contributed by atoms with E-state index in [1.54, 1.807) is 0 Å². The molecule has 0 fully saturated rings. The van der Waals surface area contributed by atoms with Gasteiger partial charge in [0, 0.05) is 17.3 Å². The third kappa shape index (κ3) is 3.92. The zero-order valence-electron chi connectivity index (χ0n) is 12.8. The SMILES string of the molecule is CCc1ccc(C(=O)Nc2cccc(C(C)NC)c2)cc1. The van der Waals surface area contributed by atoms with Crippen molar-refractivity contribution in [3.8, 4) is 0 Å². The van der Waals surface area contributed by atoms with Crippen molar-refractivity contribution in [2.24, 2.45) is 0 Å². The lowest BCUT2D eigenvalue weighted by atomic mass is 10.1. The van der Waals surface area contributed by atoms with Gasteiger partial charge in [-0.3, -0.25) is 4.79 Å². The first-order valence-corrected chi connectivity index (χ1v) is 7.31. The highest BCUT2D eigenvalue weighted by atomic mass is 16.1. The van der Waals surface area contributed by atoms with Crippen molar-refractivity contribution < 1.29 is 4.79 Å². The van der Waals surface area contributed by atoms with Crippen LogP contribution in [-0.2, 0) is 6.42 Å². The molecule has 0 aliphatic heterocycles. The number of hydrogen-bond acceptors (Lipinski definition) is 2. The van der Waals surface area contributed by atoms with Crippen molar-refractivity contribution in [3.05, 3.63) is 65.2 Å². The summed E-state index contributed by atoms with van der Waals surface area (Å²) < 4.78 is 0. The van der Waals surface area contributed by atoms with E-state index in [0.29, 0.717) is 5.56 Å². The lowest BCUT2D eigenvalue weighted by Gasteiger charge is -2.12. The smallest absolute Gasteiger partial charge is 0.255 e. The van der Waals surface area contributed by atoms with Gasteiger partial charge < -0.3 is 10.6 Å². The first kappa shape index (κ1) is 15.3. The molecule has 0 aliphatic carbocycles. The Kier molecular flexibility index (Phi) is 5.12. The Labute approximate surface area is 126 Å². The number of aryl methyl sites for hydroxylation is 1. The van der Waals surface area contributed by atoms with Gasteiger partial charge in [-0.1, -0.05) is 31.2 Å². The lowest BCUT2D eigenvalue weighted by molar-refractivity contribution is 0.102. The van der Waals surface area contributed by atoms with Crippen LogP contribution in [0, 0.1) is 0 Å². The van der Waals surface area contributed by atoms with Crippen molar-refractivity contribution in [2.75, 3.05) is 12.4 Å². The summed E-state index contributed by atoms with van der Waals surface area (Å²) in [5.41, 5.74) is 3.88. The molecule has 2 aromatic carbocycles. The zero-order valence-corrected chi connectivity index (χ0v) is 12.8. The predicted molar refractivity (Wildman–Crippen MR) is 87.7 cm³/mol. The monoisotopic (exact) mass is 282 g/mol. The zero-order chi connectivity index (χ0) is 15.2. The van der Waals surface area contributed by atoms with Crippen LogP contribution in [0.5, 0.6) is 0 Å². The third-order valence-corrected chi connectivity index (χ3v) is 3.70. The summed E-state index contributed by atoms with van der Waals surface area (Å²) >= 11 is 0. The minimum absolute atomic E-state index is 0.0769. The van der Waals surface area contributed by atoms with Gasteiger partial charge in [0.2, 0.25) is 0 Å². The number of benzene rings is 2. The number of nitrogens with one attached hydrogen (secondary N) is 2. The molecular formula is C18H22N2O. The summed E-state index contributed by atoms with van der Waals surface area (Å²) in [4.78, 5) is 12.2. The van der Waals surface area contributed by atoms with E-state index < -0.39 is 0 Å². The molecule has 2 rings (SSSR count). The molecule has 0 heterocycles. The molecule has 1 amide bonds. The summed E-state index contributed by atoms with van der Waals surface area (Å²) in [6, 6.07) is 15.9. The number of carbonyl (C=O) groups excluding carboxylic acids is 1. The minimum atomic E-state index is -0.0769. The van der Waals surface area contributed by atoms with Crippen molar-refractivity contribution in [3.63, 3.8) is 0 Å². The Bertz CT molecular complexity index is 605. The minimum Gasteiger partial charge on any atom is -0.322 e. The molecule has 0 aromatic heterocycles. The normalized spacial score (nSPS) is 12.0. The van der Waals surface area contributed by atoms with Crippen LogP contribution >= 0.6 is 0 Å². The Hall–Kier alpha value is -2.13. The van der Waals surface area contributed by atoms with Crippen molar-refractivity contribution >= 4 is 11.6 Å². The van der Waals surface area contributed by atoms with Gasteiger partial charge in [-0.25, -0.2) is 0 Å². The van der Waals surface area contributed by atoms with E-state index in [1.807, 2.05) is 55.6 Å².